The van der Waals surface area contributed by atoms with Gasteiger partial charge in [0.15, 0.2) is 11.0 Å². The lowest BCUT2D eigenvalue weighted by molar-refractivity contribution is -0.113. The number of benzene rings is 2. The standard InChI is InChI=1S/C20H20Cl2N4O2S/c1-12-4-5-13(2)16(8-12)23-19(27)11-29-20-25-24-18(26(20)3)10-28-17-7-6-14(21)9-15(17)22/h4-9H,10-11H2,1-3H3,(H,23,27). The Morgan fingerprint density at radius 3 is 2.72 bits per heavy atom. The van der Waals surface area contributed by atoms with E-state index in [-0.39, 0.29) is 18.3 Å². The minimum absolute atomic E-state index is 0.0996. The van der Waals surface area contributed by atoms with Gasteiger partial charge in [-0.15, -0.1) is 10.2 Å². The highest BCUT2D eigenvalue weighted by Crippen LogP contribution is 2.28. The molecule has 152 valence electrons. The summed E-state index contributed by atoms with van der Waals surface area (Å²) in [6.07, 6.45) is 0. The number of halogens is 2. The van der Waals surface area contributed by atoms with Crippen LogP contribution in [0.15, 0.2) is 41.6 Å². The highest BCUT2D eigenvalue weighted by atomic mass is 35.5. The Kier molecular flexibility index (Phi) is 7.05. The Morgan fingerprint density at radius 1 is 1.17 bits per heavy atom. The summed E-state index contributed by atoms with van der Waals surface area (Å²) in [4.78, 5) is 12.3. The van der Waals surface area contributed by atoms with Crippen LogP contribution in [0.2, 0.25) is 10.0 Å². The third-order valence-corrected chi connectivity index (χ3v) is 5.73. The molecule has 1 aromatic heterocycles. The third-order valence-electron chi connectivity index (χ3n) is 4.18. The van der Waals surface area contributed by atoms with Crippen molar-refractivity contribution in [3.8, 4) is 5.75 Å². The first-order valence-corrected chi connectivity index (χ1v) is 10.5. The van der Waals surface area contributed by atoms with E-state index in [0.717, 1.165) is 16.8 Å². The van der Waals surface area contributed by atoms with Crippen LogP contribution < -0.4 is 10.1 Å². The molecule has 0 radical (unpaired) electrons. The molecule has 1 heterocycles. The van der Waals surface area contributed by atoms with Gasteiger partial charge in [-0.3, -0.25) is 4.79 Å². The molecular formula is C20H20Cl2N4O2S. The van der Waals surface area contributed by atoms with E-state index < -0.39 is 0 Å². The molecule has 0 fully saturated rings. The molecule has 9 heteroatoms. The monoisotopic (exact) mass is 450 g/mol. The first-order chi connectivity index (χ1) is 13.8. The summed E-state index contributed by atoms with van der Waals surface area (Å²) in [5, 5.41) is 12.8. The van der Waals surface area contributed by atoms with Gasteiger partial charge in [0.2, 0.25) is 5.91 Å². The fourth-order valence-electron chi connectivity index (χ4n) is 2.52. The van der Waals surface area contributed by atoms with Crippen molar-refractivity contribution in [2.24, 2.45) is 7.05 Å². The van der Waals surface area contributed by atoms with Crippen molar-refractivity contribution >= 4 is 46.6 Å². The van der Waals surface area contributed by atoms with Gasteiger partial charge < -0.3 is 14.6 Å². The fraction of sp³-hybridized carbons (Fsp3) is 0.250. The normalized spacial score (nSPS) is 10.8. The topological polar surface area (TPSA) is 69.0 Å². The summed E-state index contributed by atoms with van der Waals surface area (Å²) in [6, 6.07) is 11.0. The molecule has 0 atom stereocenters. The molecule has 0 aliphatic heterocycles. The van der Waals surface area contributed by atoms with Gasteiger partial charge in [0.1, 0.15) is 12.4 Å². The number of anilines is 1. The Hall–Kier alpha value is -2.22. The summed E-state index contributed by atoms with van der Waals surface area (Å²) in [6.45, 7) is 4.15. The molecule has 0 unspecified atom stereocenters. The number of rotatable bonds is 7. The summed E-state index contributed by atoms with van der Waals surface area (Å²) >= 11 is 13.3. The highest BCUT2D eigenvalue weighted by Gasteiger charge is 2.13. The second-order valence-electron chi connectivity index (χ2n) is 6.48. The van der Waals surface area contributed by atoms with Crippen molar-refractivity contribution in [2.45, 2.75) is 25.6 Å². The minimum atomic E-state index is -0.0996. The molecule has 0 saturated heterocycles. The molecular weight excluding hydrogens is 431 g/mol. The SMILES string of the molecule is Cc1ccc(C)c(NC(=O)CSc2nnc(COc3ccc(Cl)cc3Cl)n2C)c1. The first kappa shape index (κ1) is 21.5. The number of thioether (sulfide) groups is 1. The summed E-state index contributed by atoms with van der Waals surface area (Å²) < 4.78 is 7.49. The van der Waals surface area contributed by atoms with Crippen LogP contribution in [-0.4, -0.2) is 26.4 Å². The molecule has 3 aromatic rings. The Morgan fingerprint density at radius 2 is 1.97 bits per heavy atom. The van der Waals surface area contributed by atoms with Gasteiger partial charge in [0.25, 0.3) is 0 Å². The second-order valence-corrected chi connectivity index (χ2v) is 8.26. The van der Waals surface area contributed by atoms with Gasteiger partial charge in [0, 0.05) is 17.8 Å². The lowest BCUT2D eigenvalue weighted by Gasteiger charge is -2.09. The molecule has 1 amide bonds. The van der Waals surface area contributed by atoms with Gasteiger partial charge in [-0.25, -0.2) is 0 Å². The zero-order valence-electron chi connectivity index (χ0n) is 16.2. The number of carbonyl (C=O) groups is 1. The van der Waals surface area contributed by atoms with E-state index >= 15 is 0 Å². The molecule has 3 rings (SSSR count). The van der Waals surface area contributed by atoms with E-state index in [0.29, 0.717) is 26.8 Å². The van der Waals surface area contributed by atoms with E-state index in [1.165, 1.54) is 11.8 Å². The smallest absolute Gasteiger partial charge is 0.234 e. The maximum Gasteiger partial charge on any atom is 0.234 e. The van der Waals surface area contributed by atoms with Gasteiger partial charge >= 0.3 is 0 Å². The van der Waals surface area contributed by atoms with E-state index in [4.69, 9.17) is 27.9 Å². The van der Waals surface area contributed by atoms with Gasteiger partial charge in [-0.05, 0) is 49.2 Å². The molecule has 1 N–H and O–H groups in total. The number of nitrogens with one attached hydrogen (secondary N) is 1. The molecule has 0 saturated carbocycles. The number of nitrogens with zero attached hydrogens (tertiary/aromatic N) is 3. The number of hydrogen-bond donors (Lipinski definition) is 1. The predicted octanol–water partition coefficient (Wildman–Crippen LogP) is 5.05. The van der Waals surface area contributed by atoms with Gasteiger partial charge in [-0.1, -0.05) is 47.1 Å². The Balaban J connectivity index is 1.56. The van der Waals surface area contributed by atoms with Crippen LogP contribution in [0.3, 0.4) is 0 Å². The molecule has 0 bridgehead atoms. The summed E-state index contributed by atoms with van der Waals surface area (Å²) in [5.41, 5.74) is 2.94. The lowest BCUT2D eigenvalue weighted by Crippen LogP contribution is -2.15. The van der Waals surface area contributed by atoms with Crippen molar-refractivity contribution in [3.05, 3.63) is 63.4 Å². The van der Waals surface area contributed by atoms with E-state index in [1.54, 1.807) is 22.8 Å². The van der Waals surface area contributed by atoms with Gasteiger partial charge in [-0.2, -0.15) is 0 Å². The molecule has 0 spiro atoms. The average Bonchev–Trinajstić information content (AvgIpc) is 3.02. The van der Waals surface area contributed by atoms with Crippen molar-refractivity contribution in [1.82, 2.24) is 14.8 Å². The molecule has 2 aromatic carbocycles. The summed E-state index contributed by atoms with van der Waals surface area (Å²) in [7, 11) is 1.83. The van der Waals surface area contributed by atoms with Gasteiger partial charge in [0.05, 0.1) is 10.8 Å². The number of amides is 1. The van der Waals surface area contributed by atoms with E-state index in [1.807, 2.05) is 39.1 Å². The van der Waals surface area contributed by atoms with Crippen LogP contribution in [0.5, 0.6) is 5.75 Å². The predicted molar refractivity (Wildman–Crippen MR) is 117 cm³/mol. The zero-order chi connectivity index (χ0) is 21.0. The molecule has 0 aliphatic carbocycles. The van der Waals surface area contributed by atoms with Crippen LogP contribution in [-0.2, 0) is 18.4 Å². The van der Waals surface area contributed by atoms with Crippen LogP contribution in [0.1, 0.15) is 17.0 Å². The second kappa shape index (κ2) is 9.52. The maximum atomic E-state index is 12.3. The maximum absolute atomic E-state index is 12.3. The first-order valence-electron chi connectivity index (χ1n) is 8.79. The van der Waals surface area contributed by atoms with Crippen LogP contribution >= 0.6 is 35.0 Å². The number of ether oxygens (including phenoxy) is 1. The van der Waals surface area contributed by atoms with Crippen LogP contribution in [0.25, 0.3) is 0 Å². The number of carbonyl (C=O) groups excluding carboxylic acids is 1. The van der Waals surface area contributed by atoms with Crippen molar-refractivity contribution in [3.63, 3.8) is 0 Å². The highest BCUT2D eigenvalue weighted by molar-refractivity contribution is 7.99. The minimum Gasteiger partial charge on any atom is -0.484 e. The Bertz CT molecular complexity index is 1040. The average molecular weight is 451 g/mol. The Labute approximate surface area is 183 Å². The van der Waals surface area contributed by atoms with Crippen molar-refractivity contribution in [2.75, 3.05) is 11.1 Å². The van der Waals surface area contributed by atoms with Crippen LogP contribution in [0.4, 0.5) is 5.69 Å². The number of aromatic nitrogens is 3. The fourth-order valence-corrected chi connectivity index (χ4v) is 3.71. The third kappa shape index (κ3) is 5.65. The van der Waals surface area contributed by atoms with Crippen LogP contribution in [0, 0.1) is 13.8 Å². The number of hydrogen-bond acceptors (Lipinski definition) is 5. The van der Waals surface area contributed by atoms with E-state index in [9.17, 15) is 4.79 Å². The number of aryl methyl sites for hydroxylation is 2. The lowest BCUT2D eigenvalue weighted by atomic mass is 10.1. The zero-order valence-corrected chi connectivity index (χ0v) is 18.5. The van der Waals surface area contributed by atoms with E-state index in [2.05, 4.69) is 15.5 Å². The largest absolute Gasteiger partial charge is 0.484 e. The van der Waals surface area contributed by atoms with Crippen molar-refractivity contribution in [1.29, 1.82) is 0 Å². The molecule has 0 aliphatic rings. The molecule has 29 heavy (non-hydrogen) atoms. The van der Waals surface area contributed by atoms with Crippen molar-refractivity contribution < 1.29 is 9.53 Å². The molecule has 6 nitrogen and oxygen atoms in total. The summed E-state index contributed by atoms with van der Waals surface area (Å²) in [5.74, 6) is 1.26. The quantitative estimate of drug-likeness (QED) is 0.510.